The number of pyridine rings is 1. The number of aromatic nitrogens is 2. The average Bonchev–Trinajstić information content (AvgIpc) is 3.36. The van der Waals surface area contributed by atoms with Crippen molar-refractivity contribution >= 4 is 57.7 Å². The van der Waals surface area contributed by atoms with E-state index in [2.05, 4.69) is 15.5 Å². The number of aliphatic carboxylic acids is 2. The number of anilines is 1. The van der Waals surface area contributed by atoms with Gasteiger partial charge in [0.05, 0.1) is 15.8 Å². The summed E-state index contributed by atoms with van der Waals surface area (Å²) >= 11 is 2.03. The number of nitrogens with two attached hydrogens (primary N) is 1. The van der Waals surface area contributed by atoms with Gasteiger partial charge in [0.25, 0.3) is 11.8 Å². The fraction of sp³-hybridized carbons (Fsp3) is 0.318. The van der Waals surface area contributed by atoms with E-state index in [1.54, 1.807) is 0 Å². The maximum atomic E-state index is 13.2. The number of oxime groups is 1. The summed E-state index contributed by atoms with van der Waals surface area (Å²) in [7, 11) is 0. The van der Waals surface area contributed by atoms with E-state index >= 15 is 0 Å². The Hall–Kier alpha value is -3.98. The largest absolute Gasteiger partial charge is 0.543 e. The topological polar surface area (TPSA) is 191 Å². The van der Waals surface area contributed by atoms with Crippen LogP contribution in [0.4, 0.5) is 5.13 Å². The lowest BCUT2D eigenvalue weighted by molar-refractivity contribution is -0.689. The zero-order valence-corrected chi connectivity index (χ0v) is 20.9. The first-order valence-electron chi connectivity index (χ1n) is 12.9. The summed E-state index contributed by atoms with van der Waals surface area (Å²) < 4.78 is 40.5. The quantitative estimate of drug-likeness (QED) is 0.146. The fourth-order valence-electron chi connectivity index (χ4n) is 3.32. The van der Waals surface area contributed by atoms with E-state index in [0.717, 1.165) is 32.6 Å². The predicted molar refractivity (Wildman–Crippen MR) is 130 cm³/mol. The highest BCUT2D eigenvalue weighted by molar-refractivity contribution is 8.00. The van der Waals surface area contributed by atoms with Crippen molar-refractivity contribution in [2.75, 3.05) is 11.5 Å². The first kappa shape index (κ1) is 20.1. The van der Waals surface area contributed by atoms with Crippen molar-refractivity contribution in [1.29, 1.82) is 0 Å². The molecular formula is C22H22N6O7S2. The number of hydrogen-bond donors (Lipinski definition) is 3. The summed E-state index contributed by atoms with van der Waals surface area (Å²) in [5.41, 5.74) is 2.82. The highest BCUT2D eigenvalue weighted by atomic mass is 32.2. The molecule has 1 fully saturated rings. The number of nitrogens with one attached hydrogen (secondary N) is 1. The standard InChI is InChI=1S/C22H22N6O7S2/c1-22(2,20(33)34)35-26-13(12-10-37-21(23)24-12)16(29)25-14-17(30)28-15(19(31)32)11(9-36-18(14)28)8-27-6-4-3-5-7-27/h3-7,10,14,18H,8-9H2,1-2H3,(H4-,23,24,25,29,31,32,33,34)/b26-13+/t14-,18-/m1/s1/i3D,4D,5D,6D,7D. The van der Waals surface area contributed by atoms with E-state index in [1.165, 1.54) is 19.2 Å². The molecule has 0 spiro atoms. The van der Waals surface area contributed by atoms with Crippen molar-refractivity contribution in [3.8, 4) is 0 Å². The molecule has 2 aromatic heterocycles. The molecule has 0 aliphatic carbocycles. The van der Waals surface area contributed by atoms with Gasteiger partial charge in [-0.25, -0.2) is 14.3 Å². The van der Waals surface area contributed by atoms with Crippen molar-refractivity contribution in [3.63, 3.8) is 0 Å². The van der Waals surface area contributed by atoms with Gasteiger partial charge in [-0.2, -0.15) is 0 Å². The van der Waals surface area contributed by atoms with E-state index in [-0.39, 0.29) is 22.2 Å². The Kier molecular flexibility index (Phi) is 5.53. The molecule has 194 valence electrons. The van der Waals surface area contributed by atoms with Gasteiger partial charge in [-0.1, -0.05) is 11.2 Å². The average molecular weight is 552 g/mol. The molecule has 1 saturated heterocycles. The van der Waals surface area contributed by atoms with Crippen LogP contribution in [-0.4, -0.2) is 67.2 Å². The molecule has 0 unspecified atom stereocenters. The molecule has 37 heavy (non-hydrogen) atoms. The first-order valence-corrected chi connectivity index (χ1v) is 12.4. The van der Waals surface area contributed by atoms with Crippen molar-refractivity contribution in [1.82, 2.24) is 15.2 Å². The fourth-order valence-corrected chi connectivity index (χ4v) is 5.21. The van der Waals surface area contributed by atoms with Crippen LogP contribution in [0.25, 0.3) is 0 Å². The molecule has 0 saturated carbocycles. The molecule has 0 aromatic carbocycles. The monoisotopic (exact) mass is 551 g/mol. The van der Waals surface area contributed by atoms with Gasteiger partial charge < -0.3 is 30.9 Å². The lowest BCUT2D eigenvalue weighted by Gasteiger charge is -2.50. The summed E-state index contributed by atoms with van der Waals surface area (Å²) in [5, 5.41) is 28.1. The number of fused-ring (bicyclic) bond motifs is 1. The number of rotatable bonds is 9. The second-order valence-electron chi connectivity index (χ2n) is 8.20. The van der Waals surface area contributed by atoms with Gasteiger partial charge in [-0.05, 0) is 13.8 Å². The van der Waals surface area contributed by atoms with E-state index in [4.69, 9.17) is 17.4 Å². The lowest BCUT2D eigenvalue weighted by atomic mass is 10.0. The number of thiazole rings is 1. The molecule has 0 radical (unpaired) electrons. The number of amides is 2. The number of hydrogen-bond acceptors (Lipinski definition) is 11. The van der Waals surface area contributed by atoms with Crippen LogP contribution in [-0.2, 0) is 30.6 Å². The van der Waals surface area contributed by atoms with Gasteiger partial charge in [-0.3, -0.25) is 14.5 Å². The Morgan fingerprint density at radius 3 is 2.70 bits per heavy atom. The van der Waals surface area contributed by atoms with Gasteiger partial charge >= 0.3 is 5.97 Å². The minimum atomic E-state index is -1.82. The molecule has 4 rings (SSSR count). The SMILES string of the molecule is [2H]c1c([2H])c([2H])[n+](CC2=C(C(=O)[O-])N3C(=O)[C@@H](NC(=O)/C(=N/OC(C)(C)C(=O)O)c4csc(N)n4)[C@H]3SC2)c([2H])c1[2H]. The van der Waals surface area contributed by atoms with Crippen LogP contribution < -0.4 is 20.7 Å². The molecule has 2 aliphatic heterocycles. The number of carbonyl (C=O) groups is 4. The van der Waals surface area contributed by atoms with Crippen LogP contribution in [0.15, 0.2) is 52.3 Å². The van der Waals surface area contributed by atoms with Gasteiger partial charge in [0.2, 0.25) is 5.60 Å². The maximum absolute atomic E-state index is 13.2. The summed E-state index contributed by atoms with van der Waals surface area (Å²) in [6.45, 7) is 1.96. The van der Waals surface area contributed by atoms with E-state index in [0.29, 0.717) is 0 Å². The Labute approximate surface area is 225 Å². The Morgan fingerprint density at radius 2 is 2.11 bits per heavy atom. The molecule has 2 atom stereocenters. The number of nitrogens with zero attached hydrogens (tertiary/aromatic N) is 4. The van der Waals surface area contributed by atoms with Crippen LogP contribution in [0.2, 0.25) is 0 Å². The van der Waals surface area contributed by atoms with Crippen LogP contribution in [0.1, 0.15) is 26.4 Å². The number of carboxylic acid groups (broad SMARTS) is 2. The predicted octanol–water partition coefficient (Wildman–Crippen LogP) is -1.30. The third-order valence-electron chi connectivity index (χ3n) is 5.24. The summed E-state index contributed by atoms with van der Waals surface area (Å²) in [6, 6.07) is -3.10. The number of nitrogen functional groups attached to an aromatic ring is 1. The number of carboxylic acids is 2. The number of β-lactam (4-membered cyclic amide) rings is 1. The molecule has 13 nitrogen and oxygen atoms in total. The molecule has 15 heteroatoms. The lowest BCUT2D eigenvalue weighted by Crippen LogP contribution is -2.71. The summed E-state index contributed by atoms with van der Waals surface area (Å²) in [4.78, 5) is 59.8. The third kappa shape index (κ3) is 5.27. The Balaban J connectivity index is 1.61. The highest BCUT2D eigenvalue weighted by Gasteiger charge is 2.53. The van der Waals surface area contributed by atoms with Gasteiger partial charge in [0.15, 0.2) is 29.7 Å². The second kappa shape index (κ2) is 10.2. The molecule has 2 aliphatic rings. The van der Waals surface area contributed by atoms with Crippen LogP contribution in [0.3, 0.4) is 0 Å². The van der Waals surface area contributed by atoms with Crippen molar-refractivity contribution < 1.29 is 45.6 Å². The molecule has 4 heterocycles. The molecular weight excluding hydrogens is 524 g/mol. The molecule has 4 N–H and O–H groups in total. The Bertz CT molecular complexity index is 1570. The number of carbonyl (C=O) groups excluding carboxylic acids is 3. The first-order chi connectivity index (χ1) is 19.6. The number of thioether (sulfide) groups is 1. The minimum absolute atomic E-state index is 0.0429. The highest BCUT2D eigenvalue weighted by Crippen LogP contribution is 2.40. The maximum Gasteiger partial charge on any atom is 0.350 e. The van der Waals surface area contributed by atoms with Crippen molar-refractivity contribution in [2.45, 2.75) is 37.4 Å². The third-order valence-corrected chi connectivity index (χ3v) is 7.26. The van der Waals surface area contributed by atoms with Crippen LogP contribution >= 0.6 is 23.1 Å². The van der Waals surface area contributed by atoms with Crippen LogP contribution in [0, 0.1) is 0 Å². The minimum Gasteiger partial charge on any atom is -0.543 e. The summed E-state index contributed by atoms with van der Waals surface area (Å²) in [6.07, 6.45) is -1.16. The molecule has 2 amide bonds. The van der Waals surface area contributed by atoms with E-state index in [9.17, 15) is 29.4 Å². The van der Waals surface area contributed by atoms with Gasteiger partial charge in [0.1, 0.15) is 19.9 Å². The zero-order chi connectivity index (χ0) is 31.3. The van der Waals surface area contributed by atoms with E-state index < -0.39 is 89.2 Å². The summed E-state index contributed by atoms with van der Waals surface area (Å²) in [5.74, 6) is -4.94. The van der Waals surface area contributed by atoms with Crippen LogP contribution in [0.5, 0.6) is 0 Å². The molecule has 0 bridgehead atoms. The normalized spacial score (nSPS) is 21.6. The van der Waals surface area contributed by atoms with Crippen molar-refractivity contribution in [3.05, 3.63) is 52.8 Å². The second-order valence-corrected chi connectivity index (χ2v) is 10.2. The van der Waals surface area contributed by atoms with E-state index in [1.807, 2.05) is 0 Å². The Morgan fingerprint density at radius 1 is 1.41 bits per heavy atom. The van der Waals surface area contributed by atoms with Gasteiger partial charge in [-0.15, -0.1) is 23.1 Å². The van der Waals surface area contributed by atoms with Gasteiger partial charge in [0, 0.05) is 28.8 Å². The molecule has 2 aromatic rings. The van der Waals surface area contributed by atoms with Crippen molar-refractivity contribution in [2.24, 2.45) is 5.16 Å². The zero-order valence-electron chi connectivity index (χ0n) is 24.2. The smallest absolute Gasteiger partial charge is 0.350 e.